The highest BCUT2D eigenvalue weighted by molar-refractivity contribution is 7.80. The first-order chi connectivity index (χ1) is 12.1. The summed E-state index contributed by atoms with van der Waals surface area (Å²) in [5, 5.41) is 23.0. The zero-order valence-electron chi connectivity index (χ0n) is 14.7. The van der Waals surface area contributed by atoms with E-state index in [0.717, 1.165) is 0 Å². The molecule has 0 saturated carbocycles. The Morgan fingerprint density at radius 2 is 1.88 bits per heavy atom. The molecule has 1 aliphatic heterocycles. The van der Waals surface area contributed by atoms with Gasteiger partial charge in [0.15, 0.2) is 6.04 Å². The van der Waals surface area contributed by atoms with Gasteiger partial charge in [0.05, 0.1) is 12.1 Å². The predicted octanol–water partition coefficient (Wildman–Crippen LogP) is -2.31. The number of nitrogens with zero attached hydrogens (tertiary/aromatic N) is 1. The molecular formula is C15H26N4O6S. The van der Waals surface area contributed by atoms with Crippen LogP contribution in [0, 0.1) is 0 Å². The van der Waals surface area contributed by atoms with E-state index in [2.05, 4.69) is 23.3 Å². The molecular weight excluding hydrogens is 364 g/mol. The molecule has 10 nitrogen and oxygen atoms in total. The lowest BCUT2D eigenvalue weighted by Gasteiger charge is -2.27. The van der Waals surface area contributed by atoms with E-state index in [9.17, 15) is 24.3 Å². The van der Waals surface area contributed by atoms with Gasteiger partial charge in [0.1, 0.15) is 12.1 Å². The lowest BCUT2D eigenvalue weighted by Crippen LogP contribution is -2.57. The molecule has 1 saturated heterocycles. The zero-order chi connectivity index (χ0) is 20.0. The molecule has 0 bridgehead atoms. The Bertz CT molecular complexity index is 558. The van der Waals surface area contributed by atoms with Crippen LogP contribution in [-0.2, 0) is 19.2 Å². The van der Waals surface area contributed by atoms with E-state index in [4.69, 9.17) is 10.8 Å². The first kappa shape index (κ1) is 22.2. The molecule has 1 rings (SSSR count). The number of carboxylic acid groups (broad SMARTS) is 1. The SMILES string of the molecule is CC(NC(=O)C1CCCN1C(=O)C(N)CS)C(=O)NC(C(=O)O)C(C)O. The van der Waals surface area contributed by atoms with Gasteiger partial charge in [0.2, 0.25) is 17.7 Å². The minimum absolute atomic E-state index is 0.151. The summed E-state index contributed by atoms with van der Waals surface area (Å²) in [6, 6.07) is -4.08. The number of aliphatic hydroxyl groups excluding tert-OH is 1. The molecule has 26 heavy (non-hydrogen) atoms. The fourth-order valence-corrected chi connectivity index (χ4v) is 2.79. The van der Waals surface area contributed by atoms with E-state index in [0.29, 0.717) is 19.4 Å². The Morgan fingerprint density at radius 1 is 1.27 bits per heavy atom. The number of thiol groups is 1. The highest BCUT2D eigenvalue weighted by Crippen LogP contribution is 2.18. The van der Waals surface area contributed by atoms with Crippen LogP contribution in [0.3, 0.4) is 0 Å². The third-order valence-corrected chi connectivity index (χ3v) is 4.54. The van der Waals surface area contributed by atoms with Gasteiger partial charge in [-0.3, -0.25) is 14.4 Å². The number of aliphatic carboxylic acids is 1. The summed E-state index contributed by atoms with van der Waals surface area (Å²) in [5.41, 5.74) is 5.68. The summed E-state index contributed by atoms with van der Waals surface area (Å²) in [6.45, 7) is 3.01. The van der Waals surface area contributed by atoms with Crippen molar-refractivity contribution >= 4 is 36.3 Å². The number of carbonyl (C=O) groups excluding carboxylic acids is 3. The molecule has 0 aromatic carbocycles. The monoisotopic (exact) mass is 390 g/mol. The minimum Gasteiger partial charge on any atom is -0.480 e. The summed E-state index contributed by atoms with van der Waals surface area (Å²) < 4.78 is 0. The molecule has 0 aliphatic carbocycles. The number of hydrogen-bond donors (Lipinski definition) is 6. The molecule has 1 aliphatic rings. The van der Waals surface area contributed by atoms with E-state index in [1.807, 2.05) is 0 Å². The summed E-state index contributed by atoms with van der Waals surface area (Å²) in [6.07, 6.45) is -0.228. The summed E-state index contributed by atoms with van der Waals surface area (Å²) in [7, 11) is 0. The standard InChI is InChI=1S/C15H26N4O6S/c1-7(12(21)18-11(8(2)20)15(24)25)17-13(22)10-4-3-5-19(10)14(23)9(16)6-26/h7-11,20,26H,3-6,16H2,1-2H3,(H,17,22)(H,18,21)(H,24,25). The van der Waals surface area contributed by atoms with Crippen molar-refractivity contribution in [3.05, 3.63) is 0 Å². The van der Waals surface area contributed by atoms with Crippen LogP contribution in [0.4, 0.5) is 0 Å². The summed E-state index contributed by atoms with van der Waals surface area (Å²) >= 11 is 3.98. The number of likely N-dealkylation sites (tertiary alicyclic amines) is 1. The molecule has 1 fully saturated rings. The first-order valence-corrected chi connectivity index (χ1v) is 8.91. The molecule has 6 N–H and O–H groups in total. The second-order valence-electron chi connectivity index (χ2n) is 6.27. The second-order valence-corrected chi connectivity index (χ2v) is 6.64. The van der Waals surface area contributed by atoms with Crippen LogP contribution in [0.1, 0.15) is 26.7 Å². The predicted molar refractivity (Wildman–Crippen MR) is 95.4 cm³/mol. The van der Waals surface area contributed by atoms with Crippen LogP contribution < -0.4 is 16.4 Å². The van der Waals surface area contributed by atoms with Gasteiger partial charge in [-0.15, -0.1) is 0 Å². The number of amides is 3. The number of nitrogens with one attached hydrogen (secondary N) is 2. The molecule has 0 radical (unpaired) electrons. The first-order valence-electron chi connectivity index (χ1n) is 8.28. The number of carbonyl (C=O) groups is 4. The lowest BCUT2D eigenvalue weighted by molar-refractivity contribution is -0.145. The Hall–Kier alpha value is -1.85. The molecule has 1 heterocycles. The highest BCUT2D eigenvalue weighted by atomic mass is 32.1. The van der Waals surface area contributed by atoms with Crippen molar-refractivity contribution in [2.24, 2.45) is 5.73 Å². The third kappa shape index (κ3) is 5.58. The zero-order valence-corrected chi connectivity index (χ0v) is 15.6. The number of hydrogen-bond acceptors (Lipinski definition) is 7. The van der Waals surface area contributed by atoms with E-state index in [1.165, 1.54) is 18.7 Å². The summed E-state index contributed by atoms with van der Waals surface area (Å²) in [4.78, 5) is 49.1. The van der Waals surface area contributed by atoms with Gasteiger partial charge in [-0.1, -0.05) is 0 Å². The van der Waals surface area contributed by atoms with E-state index >= 15 is 0 Å². The molecule has 0 aromatic rings. The van der Waals surface area contributed by atoms with Gasteiger partial charge >= 0.3 is 5.97 Å². The lowest BCUT2D eigenvalue weighted by atomic mass is 10.1. The normalized spacial score (nSPS) is 21.4. The Labute approximate surface area is 156 Å². The van der Waals surface area contributed by atoms with Crippen LogP contribution in [-0.4, -0.2) is 81.4 Å². The van der Waals surface area contributed by atoms with Crippen molar-refractivity contribution in [2.45, 2.75) is 57.0 Å². The van der Waals surface area contributed by atoms with Crippen molar-refractivity contribution in [2.75, 3.05) is 12.3 Å². The van der Waals surface area contributed by atoms with Gasteiger partial charge in [-0.25, -0.2) is 4.79 Å². The van der Waals surface area contributed by atoms with E-state index in [-0.39, 0.29) is 11.7 Å². The average Bonchev–Trinajstić information content (AvgIpc) is 3.06. The third-order valence-electron chi connectivity index (χ3n) is 4.15. The topological polar surface area (TPSA) is 162 Å². The van der Waals surface area contributed by atoms with Crippen molar-refractivity contribution < 1.29 is 29.4 Å². The summed E-state index contributed by atoms with van der Waals surface area (Å²) in [5.74, 6) is -2.89. The van der Waals surface area contributed by atoms with Gasteiger partial charge in [-0.2, -0.15) is 12.6 Å². The van der Waals surface area contributed by atoms with Crippen LogP contribution in [0.15, 0.2) is 0 Å². The van der Waals surface area contributed by atoms with Gasteiger partial charge in [-0.05, 0) is 26.7 Å². The van der Waals surface area contributed by atoms with E-state index in [1.54, 1.807) is 0 Å². The average molecular weight is 390 g/mol. The Balaban J connectivity index is 2.69. The molecule has 3 amide bonds. The van der Waals surface area contributed by atoms with Crippen LogP contribution in [0.5, 0.6) is 0 Å². The smallest absolute Gasteiger partial charge is 0.328 e. The Morgan fingerprint density at radius 3 is 2.38 bits per heavy atom. The van der Waals surface area contributed by atoms with Crippen molar-refractivity contribution in [1.29, 1.82) is 0 Å². The van der Waals surface area contributed by atoms with Crippen LogP contribution >= 0.6 is 12.6 Å². The van der Waals surface area contributed by atoms with Gasteiger partial charge in [0, 0.05) is 12.3 Å². The van der Waals surface area contributed by atoms with Gasteiger partial charge < -0.3 is 31.5 Å². The number of nitrogens with two attached hydrogens (primary N) is 1. The maximum absolute atomic E-state index is 12.4. The van der Waals surface area contributed by atoms with E-state index < -0.39 is 48.1 Å². The number of carboxylic acids is 1. The number of aliphatic hydroxyl groups is 1. The highest BCUT2D eigenvalue weighted by Gasteiger charge is 2.37. The minimum atomic E-state index is -1.49. The van der Waals surface area contributed by atoms with Crippen LogP contribution in [0.2, 0.25) is 0 Å². The fraction of sp³-hybridized carbons (Fsp3) is 0.733. The van der Waals surface area contributed by atoms with Gasteiger partial charge in [0.25, 0.3) is 0 Å². The number of rotatable bonds is 8. The Kier molecular flexibility index (Phi) is 8.31. The largest absolute Gasteiger partial charge is 0.480 e. The molecule has 0 aromatic heterocycles. The molecule has 5 unspecified atom stereocenters. The molecule has 5 atom stereocenters. The maximum Gasteiger partial charge on any atom is 0.328 e. The second kappa shape index (κ2) is 9.74. The van der Waals surface area contributed by atoms with Crippen molar-refractivity contribution in [1.82, 2.24) is 15.5 Å². The maximum atomic E-state index is 12.4. The van der Waals surface area contributed by atoms with Crippen molar-refractivity contribution in [3.8, 4) is 0 Å². The fourth-order valence-electron chi connectivity index (χ4n) is 2.64. The van der Waals surface area contributed by atoms with Crippen molar-refractivity contribution in [3.63, 3.8) is 0 Å². The van der Waals surface area contributed by atoms with Crippen LogP contribution in [0.25, 0.3) is 0 Å². The molecule has 148 valence electrons. The molecule has 11 heteroatoms. The molecule has 0 spiro atoms. The quantitative estimate of drug-likeness (QED) is 0.254.